The van der Waals surface area contributed by atoms with E-state index < -0.39 is 0 Å². The molecule has 124 valence electrons. The predicted molar refractivity (Wildman–Crippen MR) is 95.0 cm³/mol. The van der Waals surface area contributed by atoms with Gasteiger partial charge in [0, 0.05) is 12.4 Å². The van der Waals surface area contributed by atoms with Crippen molar-refractivity contribution >= 4 is 17.0 Å². The van der Waals surface area contributed by atoms with Crippen molar-refractivity contribution in [3.05, 3.63) is 54.4 Å². The Morgan fingerprint density at radius 1 is 1.04 bits per heavy atom. The SMILES string of the molecule is CCc1ccc(-c2ccc3nc(-c4cccnc4N)n(O)c3n2)nc1. The lowest BCUT2D eigenvalue weighted by molar-refractivity contribution is 0.201. The van der Waals surface area contributed by atoms with Crippen molar-refractivity contribution in [3.8, 4) is 22.8 Å². The van der Waals surface area contributed by atoms with Gasteiger partial charge in [-0.15, -0.1) is 4.73 Å². The fraction of sp³-hybridized carbons (Fsp3) is 0.111. The number of nitrogens with two attached hydrogens (primary N) is 1. The van der Waals surface area contributed by atoms with Crippen molar-refractivity contribution in [3.63, 3.8) is 0 Å². The molecule has 7 heteroatoms. The number of rotatable bonds is 3. The number of hydrogen-bond acceptors (Lipinski definition) is 6. The number of nitrogens with zero attached hydrogens (tertiary/aromatic N) is 5. The lowest BCUT2D eigenvalue weighted by atomic mass is 10.2. The molecular weight excluding hydrogens is 316 g/mol. The second-order valence-electron chi connectivity index (χ2n) is 5.63. The highest BCUT2D eigenvalue weighted by atomic mass is 16.5. The molecule has 0 atom stereocenters. The van der Waals surface area contributed by atoms with Crippen LogP contribution in [0.2, 0.25) is 0 Å². The molecule has 0 unspecified atom stereocenters. The molecule has 0 fully saturated rings. The van der Waals surface area contributed by atoms with Crippen LogP contribution in [0.1, 0.15) is 12.5 Å². The van der Waals surface area contributed by atoms with E-state index in [4.69, 9.17) is 5.73 Å². The second kappa shape index (κ2) is 5.86. The molecule has 0 aliphatic carbocycles. The third-order valence-electron chi connectivity index (χ3n) is 4.06. The highest BCUT2D eigenvalue weighted by Gasteiger charge is 2.16. The maximum atomic E-state index is 10.5. The summed E-state index contributed by atoms with van der Waals surface area (Å²) < 4.78 is 0.937. The number of aryl methyl sites for hydroxylation is 1. The number of aromatic nitrogens is 5. The molecule has 4 aromatic heterocycles. The van der Waals surface area contributed by atoms with Crippen LogP contribution in [0.4, 0.5) is 5.82 Å². The highest BCUT2D eigenvalue weighted by Crippen LogP contribution is 2.27. The molecule has 0 saturated carbocycles. The summed E-state index contributed by atoms with van der Waals surface area (Å²) in [5.74, 6) is 0.602. The summed E-state index contributed by atoms with van der Waals surface area (Å²) in [6.45, 7) is 2.08. The number of nitrogen functional groups attached to an aromatic ring is 1. The molecule has 0 amide bonds. The van der Waals surface area contributed by atoms with E-state index in [-0.39, 0.29) is 0 Å². The molecule has 3 N–H and O–H groups in total. The fourth-order valence-electron chi connectivity index (χ4n) is 2.65. The minimum Gasteiger partial charge on any atom is -0.425 e. The van der Waals surface area contributed by atoms with Gasteiger partial charge in [0.2, 0.25) is 0 Å². The van der Waals surface area contributed by atoms with Crippen LogP contribution in [0.25, 0.3) is 33.9 Å². The smallest absolute Gasteiger partial charge is 0.197 e. The average molecular weight is 332 g/mol. The largest absolute Gasteiger partial charge is 0.425 e. The number of fused-ring (bicyclic) bond motifs is 1. The molecule has 0 spiro atoms. The molecule has 4 rings (SSSR count). The van der Waals surface area contributed by atoms with Gasteiger partial charge in [-0.2, -0.15) is 0 Å². The molecule has 0 radical (unpaired) electrons. The van der Waals surface area contributed by atoms with Crippen molar-refractivity contribution in [2.75, 3.05) is 5.73 Å². The van der Waals surface area contributed by atoms with Gasteiger partial charge in [0.1, 0.15) is 11.3 Å². The van der Waals surface area contributed by atoms with E-state index in [1.165, 1.54) is 0 Å². The first kappa shape index (κ1) is 15.1. The molecule has 4 heterocycles. The summed E-state index contributed by atoms with van der Waals surface area (Å²) in [5, 5.41) is 10.5. The summed E-state index contributed by atoms with van der Waals surface area (Å²) in [6.07, 6.45) is 4.35. The fourth-order valence-corrected chi connectivity index (χ4v) is 2.65. The minimum atomic E-state index is 0.296. The Kier molecular flexibility index (Phi) is 3.53. The first-order valence-corrected chi connectivity index (χ1v) is 7.92. The lowest BCUT2D eigenvalue weighted by Gasteiger charge is -2.04. The van der Waals surface area contributed by atoms with E-state index in [2.05, 4.69) is 26.9 Å². The van der Waals surface area contributed by atoms with Gasteiger partial charge in [-0.05, 0) is 42.3 Å². The summed E-state index contributed by atoms with van der Waals surface area (Å²) in [6, 6.07) is 11.1. The Morgan fingerprint density at radius 3 is 2.60 bits per heavy atom. The van der Waals surface area contributed by atoms with Crippen LogP contribution in [0, 0.1) is 0 Å². The van der Waals surface area contributed by atoms with Gasteiger partial charge in [-0.3, -0.25) is 4.98 Å². The first-order chi connectivity index (χ1) is 12.2. The average Bonchev–Trinajstić information content (AvgIpc) is 2.98. The van der Waals surface area contributed by atoms with Crippen LogP contribution in [0.15, 0.2) is 48.8 Å². The molecule has 0 aliphatic rings. The third-order valence-corrected chi connectivity index (χ3v) is 4.06. The molecule has 0 aromatic carbocycles. The van der Waals surface area contributed by atoms with Gasteiger partial charge < -0.3 is 10.9 Å². The zero-order valence-corrected chi connectivity index (χ0v) is 13.6. The van der Waals surface area contributed by atoms with Crippen LogP contribution < -0.4 is 5.73 Å². The van der Waals surface area contributed by atoms with Crippen molar-refractivity contribution in [1.29, 1.82) is 0 Å². The lowest BCUT2D eigenvalue weighted by Crippen LogP contribution is -2.00. The number of pyridine rings is 3. The van der Waals surface area contributed by atoms with Crippen LogP contribution in [-0.2, 0) is 6.42 Å². The zero-order chi connectivity index (χ0) is 17.4. The van der Waals surface area contributed by atoms with Crippen LogP contribution >= 0.6 is 0 Å². The van der Waals surface area contributed by atoms with Crippen molar-refractivity contribution in [1.82, 2.24) is 24.7 Å². The minimum absolute atomic E-state index is 0.296. The summed E-state index contributed by atoms with van der Waals surface area (Å²) >= 11 is 0. The third kappa shape index (κ3) is 2.55. The van der Waals surface area contributed by atoms with Gasteiger partial charge in [-0.1, -0.05) is 13.0 Å². The molecule has 0 bridgehead atoms. The summed E-state index contributed by atoms with van der Waals surface area (Å²) in [4.78, 5) is 17.4. The van der Waals surface area contributed by atoms with Crippen LogP contribution in [0.5, 0.6) is 0 Å². The molecule has 4 aromatic rings. The van der Waals surface area contributed by atoms with E-state index >= 15 is 0 Å². The molecule has 25 heavy (non-hydrogen) atoms. The van der Waals surface area contributed by atoms with E-state index in [0.717, 1.165) is 22.4 Å². The van der Waals surface area contributed by atoms with Gasteiger partial charge in [-0.25, -0.2) is 15.0 Å². The summed E-state index contributed by atoms with van der Waals surface area (Å²) in [5.41, 5.74) is 9.91. The normalized spacial score (nSPS) is 11.1. The van der Waals surface area contributed by atoms with Crippen LogP contribution in [0.3, 0.4) is 0 Å². The van der Waals surface area contributed by atoms with Gasteiger partial charge >= 0.3 is 0 Å². The Morgan fingerprint density at radius 2 is 1.88 bits per heavy atom. The Labute approximate surface area is 143 Å². The molecule has 7 nitrogen and oxygen atoms in total. The van der Waals surface area contributed by atoms with Crippen molar-refractivity contribution in [2.24, 2.45) is 0 Å². The Bertz CT molecular complexity index is 1060. The van der Waals surface area contributed by atoms with Crippen LogP contribution in [-0.4, -0.2) is 29.9 Å². The van der Waals surface area contributed by atoms with Crippen molar-refractivity contribution < 1.29 is 5.21 Å². The molecule has 0 aliphatic heterocycles. The maximum absolute atomic E-state index is 10.5. The number of anilines is 1. The number of imidazole rings is 1. The predicted octanol–water partition coefficient (Wildman–Crippen LogP) is 2.94. The molecule has 0 saturated heterocycles. The second-order valence-corrected chi connectivity index (χ2v) is 5.63. The quantitative estimate of drug-likeness (QED) is 0.559. The van der Waals surface area contributed by atoms with Gasteiger partial charge in [0.25, 0.3) is 0 Å². The zero-order valence-electron chi connectivity index (χ0n) is 13.6. The van der Waals surface area contributed by atoms with E-state index in [1.54, 1.807) is 24.4 Å². The monoisotopic (exact) mass is 332 g/mol. The topological polar surface area (TPSA) is 103 Å². The molecular formula is C18H16N6O. The summed E-state index contributed by atoms with van der Waals surface area (Å²) in [7, 11) is 0. The standard InChI is InChI=1S/C18H16N6O/c1-2-11-5-6-13(21-10-11)14-7-8-15-18(22-14)24(25)17(23-15)12-4-3-9-20-16(12)19/h3-10,25H,2H2,1H3,(H2,19,20). The highest BCUT2D eigenvalue weighted by molar-refractivity contribution is 5.81. The van der Waals surface area contributed by atoms with Gasteiger partial charge in [0.15, 0.2) is 11.5 Å². The van der Waals surface area contributed by atoms with Crippen molar-refractivity contribution in [2.45, 2.75) is 13.3 Å². The van der Waals surface area contributed by atoms with E-state index in [0.29, 0.717) is 34.1 Å². The first-order valence-electron chi connectivity index (χ1n) is 7.92. The number of hydrogen-bond donors (Lipinski definition) is 2. The van der Waals surface area contributed by atoms with E-state index in [9.17, 15) is 5.21 Å². The van der Waals surface area contributed by atoms with Gasteiger partial charge in [0.05, 0.1) is 17.0 Å². The maximum Gasteiger partial charge on any atom is 0.197 e. The Balaban J connectivity index is 1.83. The van der Waals surface area contributed by atoms with E-state index in [1.807, 2.05) is 24.4 Å². The Hall–Kier alpha value is -3.48.